The SMILES string of the molecule is CC(C)(C)c1ccc(-c2ccccc2CNC2CCCC2)s1. The van der Waals surface area contributed by atoms with Gasteiger partial charge in [-0.2, -0.15) is 0 Å². The highest BCUT2D eigenvalue weighted by molar-refractivity contribution is 7.15. The average molecular weight is 314 g/mol. The Kier molecular flexibility index (Phi) is 4.70. The number of rotatable bonds is 4. The number of thiophene rings is 1. The number of hydrogen-bond acceptors (Lipinski definition) is 2. The quantitative estimate of drug-likeness (QED) is 0.758. The second-order valence-electron chi connectivity index (χ2n) is 7.43. The molecule has 1 aliphatic rings. The molecule has 0 saturated heterocycles. The van der Waals surface area contributed by atoms with Gasteiger partial charge in [0.1, 0.15) is 0 Å². The van der Waals surface area contributed by atoms with Crippen LogP contribution in [0.15, 0.2) is 36.4 Å². The highest BCUT2D eigenvalue weighted by atomic mass is 32.1. The van der Waals surface area contributed by atoms with E-state index in [1.165, 1.54) is 46.6 Å². The fourth-order valence-electron chi connectivity index (χ4n) is 3.18. The minimum absolute atomic E-state index is 0.236. The van der Waals surface area contributed by atoms with Crippen molar-refractivity contribution in [2.24, 2.45) is 0 Å². The van der Waals surface area contributed by atoms with Crippen LogP contribution in [-0.4, -0.2) is 6.04 Å². The molecule has 0 bridgehead atoms. The van der Waals surface area contributed by atoms with E-state index in [4.69, 9.17) is 0 Å². The third-order valence-corrected chi connectivity index (χ3v) is 6.11. The Hall–Kier alpha value is -1.12. The van der Waals surface area contributed by atoms with Crippen molar-refractivity contribution in [3.63, 3.8) is 0 Å². The van der Waals surface area contributed by atoms with E-state index < -0.39 is 0 Å². The summed E-state index contributed by atoms with van der Waals surface area (Å²) in [5, 5.41) is 3.75. The zero-order chi connectivity index (χ0) is 15.6. The van der Waals surface area contributed by atoms with Crippen LogP contribution in [0.3, 0.4) is 0 Å². The first-order chi connectivity index (χ1) is 10.5. The van der Waals surface area contributed by atoms with Crippen molar-refractivity contribution >= 4 is 11.3 Å². The molecule has 1 aromatic carbocycles. The summed E-state index contributed by atoms with van der Waals surface area (Å²) in [5.41, 5.74) is 3.06. The molecule has 3 rings (SSSR count). The van der Waals surface area contributed by atoms with Gasteiger partial charge in [0, 0.05) is 22.3 Å². The minimum Gasteiger partial charge on any atom is -0.310 e. The summed E-state index contributed by atoms with van der Waals surface area (Å²) in [6, 6.07) is 14.2. The summed E-state index contributed by atoms with van der Waals surface area (Å²) in [6.45, 7) is 7.85. The van der Waals surface area contributed by atoms with Gasteiger partial charge in [-0.15, -0.1) is 11.3 Å². The van der Waals surface area contributed by atoms with E-state index in [0.717, 1.165) is 12.6 Å². The molecule has 0 aliphatic heterocycles. The van der Waals surface area contributed by atoms with Crippen LogP contribution >= 0.6 is 11.3 Å². The first kappa shape index (κ1) is 15.8. The smallest absolute Gasteiger partial charge is 0.0349 e. The van der Waals surface area contributed by atoms with E-state index in [1.54, 1.807) is 0 Å². The zero-order valence-corrected chi connectivity index (χ0v) is 14.8. The van der Waals surface area contributed by atoms with Crippen LogP contribution < -0.4 is 5.32 Å². The van der Waals surface area contributed by atoms with Crippen LogP contribution in [0.25, 0.3) is 10.4 Å². The predicted molar refractivity (Wildman–Crippen MR) is 97.6 cm³/mol. The van der Waals surface area contributed by atoms with Crippen LogP contribution in [0.2, 0.25) is 0 Å². The zero-order valence-electron chi connectivity index (χ0n) is 14.0. The molecule has 0 amide bonds. The van der Waals surface area contributed by atoms with Gasteiger partial charge in [0.05, 0.1) is 0 Å². The topological polar surface area (TPSA) is 12.0 Å². The number of hydrogen-bond donors (Lipinski definition) is 1. The molecule has 2 aromatic rings. The molecule has 0 atom stereocenters. The summed E-state index contributed by atoms with van der Waals surface area (Å²) in [5.74, 6) is 0. The third-order valence-electron chi connectivity index (χ3n) is 4.56. The van der Waals surface area contributed by atoms with Crippen LogP contribution in [0, 0.1) is 0 Å². The molecule has 1 nitrogen and oxygen atoms in total. The van der Waals surface area contributed by atoms with Crippen molar-refractivity contribution < 1.29 is 0 Å². The summed E-state index contributed by atoms with van der Waals surface area (Å²) in [4.78, 5) is 2.86. The molecule has 118 valence electrons. The Labute approximate surface area is 138 Å². The first-order valence-electron chi connectivity index (χ1n) is 8.46. The maximum absolute atomic E-state index is 3.75. The lowest BCUT2D eigenvalue weighted by Crippen LogP contribution is -2.25. The molecule has 1 aromatic heterocycles. The van der Waals surface area contributed by atoms with Crippen molar-refractivity contribution in [3.8, 4) is 10.4 Å². The van der Waals surface area contributed by atoms with E-state index in [0.29, 0.717) is 0 Å². The van der Waals surface area contributed by atoms with Crippen LogP contribution in [0.5, 0.6) is 0 Å². The van der Waals surface area contributed by atoms with Crippen LogP contribution in [-0.2, 0) is 12.0 Å². The molecule has 1 saturated carbocycles. The lowest BCUT2D eigenvalue weighted by molar-refractivity contribution is 0.524. The first-order valence-corrected chi connectivity index (χ1v) is 9.28. The fourth-order valence-corrected chi connectivity index (χ4v) is 4.31. The molecule has 1 fully saturated rings. The van der Waals surface area contributed by atoms with Gasteiger partial charge in [0.25, 0.3) is 0 Å². The van der Waals surface area contributed by atoms with Gasteiger partial charge in [0.2, 0.25) is 0 Å². The normalized spacial score (nSPS) is 16.3. The Morgan fingerprint density at radius 3 is 2.45 bits per heavy atom. The van der Waals surface area contributed by atoms with Gasteiger partial charge in [-0.1, -0.05) is 57.9 Å². The summed E-state index contributed by atoms with van der Waals surface area (Å²) >= 11 is 1.94. The lowest BCUT2D eigenvalue weighted by atomic mass is 9.95. The molecule has 0 radical (unpaired) electrons. The summed E-state index contributed by atoms with van der Waals surface area (Å²) in [6.07, 6.45) is 5.46. The molecule has 1 N–H and O–H groups in total. The third kappa shape index (κ3) is 3.61. The maximum Gasteiger partial charge on any atom is 0.0349 e. The Balaban J connectivity index is 1.79. The van der Waals surface area contributed by atoms with Crippen molar-refractivity contribution in [3.05, 3.63) is 46.8 Å². The highest BCUT2D eigenvalue weighted by Crippen LogP contribution is 2.36. The van der Waals surface area contributed by atoms with Crippen LogP contribution in [0.4, 0.5) is 0 Å². The number of nitrogens with one attached hydrogen (secondary N) is 1. The van der Waals surface area contributed by atoms with Gasteiger partial charge in [-0.25, -0.2) is 0 Å². The lowest BCUT2D eigenvalue weighted by Gasteiger charge is -2.16. The highest BCUT2D eigenvalue weighted by Gasteiger charge is 2.18. The Morgan fingerprint density at radius 2 is 1.77 bits per heavy atom. The fraction of sp³-hybridized carbons (Fsp3) is 0.500. The monoisotopic (exact) mass is 313 g/mol. The van der Waals surface area contributed by atoms with E-state index in [-0.39, 0.29) is 5.41 Å². The molecule has 0 spiro atoms. The average Bonchev–Trinajstić information content (AvgIpc) is 3.16. The summed E-state index contributed by atoms with van der Waals surface area (Å²) < 4.78 is 0. The van der Waals surface area contributed by atoms with Crippen molar-refractivity contribution in [2.75, 3.05) is 0 Å². The van der Waals surface area contributed by atoms with E-state index in [9.17, 15) is 0 Å². The molecule has 0 unspecified atom stereocenters. The van der Waals surface area contributed by atoms with E-state index >= 15 is 0 Å². The van der Waals surface area contributed by atoms with E-state index in [1.807, 2.05) is 11.3 Å². The summed E-state index contributed by atoms with van der Waals surface area (Å²) in [7, 11) is 0. The van der Waals surface area contributed by atoms with Gasteiger partial charge in [0.15, 0.2) is 0 Å². The largest absolute Gasteiger partial charge is 0.310 e. The maximum atomic E-state index is 3.75. The predicted octanol–water partition coefficient (Wildman–Crippen LogP) is 5.74. The second kappa shape index (κ2) is 6.55. The molecule has 1 heterocycles. The van der Waals surface area contributed by atoms with Crippen molar-refractivity contribution in [1.29, 1.82) is 0 Å². The van der Waals surface area contributed by atoms with E-state index in [2.05, 4.69) is 62.5 Å². The molecular weight excluding hydrogens is 286 g/mol. The van der Waals surface area contributed by atoms with Gasteiger partial charge < -0.3 is 5.32 Å². The van der Waals surface area contributed by atoms with Crippen molar-refractivity contribution in [1.82, 2.24) is 5.32 Å². The van der Waals surface area contributed by atoms with Gasteiger partial charge in [-0.3, -0.25) is 0 Å². The Bertz CT molecular complexity index is 615. The number of benzene rings is 1. The van der Waals surface area contributed by atoms with Gasteiger partial charge >= 0.3 is 0 Å². The van der Waals surface area contributed by atoms with Crippen LogP contribution in [0.1, 0.15) is 56.9 Å². The molecule has 2 heteroatoms. The molecule has 1 aliphatic carbocycles. The van der Waals surface area contributed by atoms with Gasteiger partial charge in [-0.05, 0) is 41.5 Å². The molecule has 22 heavy (non-hydrogen) atoms. The Morgan fingerprint density at radius 1 is 1.05 bits per heavy atom. The minimum atomic E-state index is 0.236. The molecular formula is C20H27NS. The van der Waals surface area contributed by atoms with Crippen molar-refractivity contribution in [2.45, 2.75) is 64.5 Å². The second-order valence-corrected chi connectivity index (χ2v) is 8.52. The standard InChI is InChI=1S/C20H27NS/c1-20(2,3)19-13-12-18(22-19)17-11-7-4-8-15(17)14-21-16-9-5-6-10-16/h4,7-8,11-13,16,21H,5-6,9-10,14H2,1-3H3.